The zero-order valence-corrected chi connectivity index (χ0v) is 12.8. The quantitative estimate of drug-likeness (QED) is 0.780. The SMILES string of the molecule is Cc1ccc(C(=O)NCc2ccccc2F)cc1-n1cccc1. The number of aryl methyl sites for hydroxylation is 1. The van der Waals surface area contributed by atoms with Crippen molar-refractivity contribution in [1.82, 2.24) is 9.88 Å². The number of rotatable bonds is 4. The van der Waals surface area contributed by atoms with Crippen molar-refractivity contribution in [3.63, 3.8) is 0 Å². The van der Waals surface area contributed by atoms with E-state index in [2.05, 4.69) is 5.32 Å². The highest BCUT2D eigenvalue weighted by Crippen LogP contribution is 2.16. The van der Waals surface area contributed by atoms with Crippen LogP contribution in [0.5, 0.6) is 0 Å². The first kappa shape index (κ1) is 15.0. The third-order valence-electron chi connectivity index (χ3n) is 3.75. The molecule has 3 aromatic rings. The Bertz CT molecular complexity index is 825. The van der Waals surface area contributed by atoms with Crippen LogP contribution in [0.4, 0.5) is 4.39 Å². The molecule has 0 aliphatic rings. The van der Waals surface area contributed by atoms with Crippen LogP contribution in [-0.4, -0.2) is 10.5 Å². The fourth-order valence-electron chi connectivity index (χ4n) is 2.44. The van der Waals surface area contributed by atoms with Gasteiger partial charge in [0.2, 0.25) is 0 Å². The molecule has 116 valence electrons. The van der Waals surface area contributed by atoms with Crippen LogP contribution < -0.4 is 5.32 Å². The molecule has 0 aliphatic heterocycles. The van der Waals surface area contributed by atoms with Crippen molar-refractivity contribution in [2.75, 3.05) is 0 Å². The Balaban J connectivity index is 1.78. The van der Waals surface area contributed by atoms with Crippen molar-refractivity contribution < 1.29 is 9.18 Å². The van der Waals surface area contributed by atoms with Gasteiger partial charge in [0.25, 0.3) is 5.91 Å². The second-order valence-electron chi connectivity index (χ2n) is 5.37. The summed E-state index contributed by atoms with van der Waals surface area (Å²) in [6.07, 6.45) is 3.87. The van der Waals surface area contributed by atoms with Crippen LogP contribution in [0.15, 0.2) is 67.0 Å². The van der Waals surface area contributed by atoms with Gasteiger partial charge in [0.05, 0.1) is 0 Å². The Kier molecular flexibility index (Phi) is 4.24. The molecule has 0 aliphatic carbocycles. The number of carbonyl (C=O) groups is 1. The largest absolute Gasteiger partial charge is 0.348 e. The number of hydrogen-bond donors (Lipinski definition) is 1. The van der Waals surface area contributed by atoms with Crippen molar-refractivity contribution in [3.8, 4) is 5.69 Å². The van der Waals surface area contributed by atoms with E-state index in [1.807, 2.05) is 48.1 Å². The van der Waals surface area contributed by atoms with Crippen molar-refractivity contribution >= 4 is 5.91 Å². The number of benzene rings is 2. The molecule has 1 aromatic heterocycles. The smallest absolute Gasteiger partial charge is 0.251 e. The van der Waals surface area contributed by atoms with Gasteiger partial charge >= 0.3 is 0 Å². The van der Waals surface area contributed by atoms with Gasteiger partial charge in [-0.2, -0.15) is 0 Å². The molecule has 1 amide bonds. The Labute approximate surface area is 134 Å². The Morgan fingerprint density at radius 3 is 2.57 bits per heavy atom. The van der Waals surface area contributed by atoms with Crippen molar-refractivity contribution in [2.45, 2.75) is 13.5 Å². The summed E-state index contributed by atoms with van der Waals surface area (Å²) in [7, 11) is 0. The highest BCUT2D eigenvalue weighted by molar-refractivity contribution is 5.94. The fourth-order valence-corrected chi connectivity index (χ4v) is 2.44. The monoisotopic (exact) mass is 308 g/mol. The summed E-state index contributed by atoms with van der Waals surface area (Å²) in [4.78, 5) is 12.3. The molecule has 0 saturated heterocycles. The van der Waals surface area contributed by atoms with Crippen molar-refractivity contribution in [1.29, 1.82) is 0 Å². The number of hydrogen-bond acceptors (Lipinski definition) is 1. The van der Waals surface area contributed by atoms with Gasteiger partial charge in [-0.05, 0) is 42.8 Å². The first-order valence-electron chi connectivity index (χ1n) is 7.41. The van der Waals surface area contributed by atoms with Crippen LogP contribution in [0.1, 0.15) is 21.5 Å². The molecular formula is C19H17FN2O. The zero-order valence-electron chi connectivity index (χ0n) is 12.8. The molecule has 0 unspecified atom stereocenters. The fraction of sp³-hybridized carbons (Fsp3) is 0.105. The van der Waals surface area contributed by atoms with E-state index in [0.29, 0.717) is 11.1 Å². The first-order chi connectivity index (χ1) is 11.1. The molecule has 2 aromatic carbocycles. The minimum atomic E-state index is -0.315. The Morgan fingerprint density at radius 1 is 1.09 bits per heavy atom. The van der Waals surface area contributed by atoms with E-state index in [4.69, 9.17) is 0 Å². The number of nitrogens with one attached hydrogen (secondary N) is 1. The highest BCUT2D eigenvalue weighted by atomic mass is 19.1. The van der Waals surface area contributed by atoms with Crippen LogP contribution in [0.2, 0.25) is 0 Å². The summed E-state index contributed by atoms with van der Waals surface area (Å²) >= 11 is 0. The average molecular weight is 308 g/mol. The second-order valence-corrected chi connectivity index (χ2v) is 5.37. The van der Waals surface area contributed by atoms with Gasteiger partial charge in [-0.1, -0.05) is 24.3 Å². The molecule has 1 heterocycles. The molecule has 3 rings (SSSR count). The third kappa shape index (κ3) is 3.31. The molecule has 0 atom stereocenters. The Morgan fingerprint density at radius 2 is 1.83 bits per heavy atom. The number of amides is 1. The molecule has 0 saturated carbocycles. The Hall–Kier alpha value is -2.88. The summed E-state index contributed by atoms with van der Waals surface area (Å²) in [6.45, 7) is 2.16. The lowest BCUT2D eigenvalue weighted by atomic mass is 10.1. The first-order valence-corrected chi connectivity index (χ1v) is 7.41. The zero-order chi connectivity index (χ0) is 16.2. The van der Waals surface area contributed by atoms with Gasteiger partial charge in [-0.3, -0.25) is 4.79 Å². The molecule has 3 nitrogen and oxygen atoms in total. The molecule has 0 radical (unpaired) electrons. The van der Waals surface area contributed by atoms with Crippen molar-refractivity contribution in [3.05, 3.63) is 89.5 Å². The molecular weight excluding hydrogens is 291 g/mol. The standard InChI is InChI=1S/C19H17FN2O/c1-14-8-9-15(12-18(14)22-10-4-5-11-22)19(23)21-13-16-6-2-3-7-17(16)20/h2-12H,13H2,1H3,(H,21,23). The van der Waals surface area contributed by atoms with Crippen LogP contribution in [0.3, 0.4) is 0 Å². The summed E-state index contributed by atoms with van der Waals surface area (Å²) in [5.41, 5.74) is 3.05. The van der Waals surface area contributed by atoms with Gasteiger partial charge in [0.1, 0.15) is 5.82 Å². The van der Waals surface area contributed by atoms with Gasteiger partial charge in [-0.15, -0.1) is 0 Å². The minimum absolute atomic E-state index is 0.165. The molecule has 23 heavy (non-hydrogen) atoms. The van der Waals surface area contributed by atoms with E-state index in [0.717, 1.165) is 11.3 Å². The summed E-state index contributed by atoms with van der Waals surface area (Å²) < 4.78 is 15.6. The van der Waals surface area contributed by atoms with Crippen LogP contribution in [-0.2, 0) is 6.54 Å². The normalized spacial score (nSPS) is 10.5. The summed E-state index contributed by atoms with van der Waals surface area (Å²) in [5.74, 6) is -0.536. The second kappa shape index (κ2) is 6.48. The van der Waals surface area contributed by atoms with E-state index >= 15 is 0 Å². The van der Waals surface area contributed by atoms with Crippen LogP contribution in [0.25, 0.3) is 5.69 Å². The third-order valence-corrected chi connectivity index (χ3v) is 3.75. The molecule has 0 bridgehead atoms. The van der Waals surface area contributed by atoms with Gasteiger partial charge in [-0.25, -0.2) is 4.39 Å². The average Bonchev–Trinajstić information content (AvgIpc) is 3.08. The predicted molar refractivity (Wildman–Crippen MR) is 88.1 cm³/mol. The number of carbonyl (C=O) groups excluding carboxylic acids is 1. The highest BCUT2D eigenvalue weighted by Gasteiger charge is 2.10. The van der Waals surface area contributed by atoms with E-state index in [1.165, 1.54) is 6.07 Å². The molecule has 1 N–H and O–H groups in total. The van der Waals surface area contributed by atoms with E-state index in [9.17, 15) is 9.18 Å². The summed E-state index contributed by atoms with van der Waals surface area (Å²) in [6, 6.07) is 15.8. The molecule has 0 spiro atoms. The van der Waals surface area contributed by atoms with Gasteiger partial charge in [0, 0.05) is 35.8 Å². The maximum Gasteiger partial charge on any atom is 0.251 e. The van der Waals surface area contributed by atoms with E-state index in [1.54, 1.807) is 24.3 Å². The van der Waals surface area contributed by atoms with Gasteiger partial charge in [0.15, 0.2) is 0 Å². The maximum absolute atomic E-state index is 13.6. The summed E-state index contributed by atoms with van der Waals surface area (Å²) in [5, 5.41) is 2.76. The van der Waals surface area contributed by atoms with Crippen LogP contribution in [0, 0.1) is 12.7 Å². The van der Waals surface area contributed by atoms with Gasteiger partial charge < -0.3 is 9.88 Å². The number of halogens is 1. The lowest BCUT2D eigenvalue weighted by Crippen LogP contribution is -2.23. The number of aromatic nitrogens is 1. The number of nitrogens with zero attached hydrogens (tertiary/aromatic N) is 1. The topological polar surface area (TPSA) is 34.0 Å². The van der Waals surface area contributed by atoms with Crippen LogP contribution >= 0.6 is 0 Å². The lowest BCUT2D eigenvalue weighted by molar-refractivity contribution is 0.0950. The maximum atomic E-state index is 13.6. The lowest BCUT2D eigenvalue weighted by Gasteiger charge is -2.11. The van der Waals surface area contributed by atoms with Crippen molar-refractivity contribution in [2.24, 2.45) is 0 Å². The van der Waals surface area contributed by atoms with E-state index < -0.39 is 0 Å². The predicted octanol–water partition coefficient (Wildman–Crippen LogP) is 3.85. The van der Waals surface area contributed by atoms with E-state index in [-0.39, 0.29) is 18.3 Å². The molecule has 4 heteroatoms. The minimum Gasteiger partial charge on any atom is -0.348 e. The molecule has 0 fully saturated rings.